The Balaban J connectivity index is 2.19. The van der Waals surface area contributed by atoms with Gasteiger partial charge in [0, 0.05) is 23.8 Å². The van der Waals surface area contributed by atoms with Crippen molar-refractivity contribution in [1.82, 2.24) is 0 Å². The Morgan fingerprint density at radius 3 is 3.12 bits per heavy atom. The maximum absolute atomic E-state index is 9.10. The summed E-state index contributed by atoms with van der Waals surface area (Å²) in [6, 6.07) is 5.88. The predicted molar refractivity (Wildman–Crippen MR) is 65.2 cm³/mol. The number of halogens is 1. The molecule has 1 fully saturated rings. The standard InChI is InChI=1S/C12H16ClNO2/c1-9-2-3-10(13)6-12(9)14-4-5-16-11(7-14)8-15/h2-3,6,11,15H,4-5,7-8H2,1H3. The lowest BCUT2D eigenvalue weighted by Gasteiger charge is -2.34. The maximum Gasteiger partial charge on any atom is 0.0980 e. The zero-order valence-corrected chi connectivity index (χ0v) is 10.1. The van der Waals surface area contributed by atoms with Crippen molar-refractivity contribution in [3.05, 3.63) is 28.8 Å². The molecule has 1 aliphatic rings. The van der Waals surface area contributed by atoms with E-state index >= 15 is 0 Å². The van der Waals surface area contributed by atoms with Gasteiger partial charge in [-0.15, -0.1) is 0 Å². The lowest BCUT2D eigenvalue weighted by Crippen LogP contribution is -2.44. The quantitative estimate of drug-likeness (QED) is 0.858. The average Bonchev–Trinajstić information content (AvgIpc) is 2.32. The molecule has 16 heavy (non-hydrogen) atoms. The Morgan fingerprint density at radius 2 is 2.38 bits per heavy atom. The highest BCUT2D eigenvalue weighted by atomic mass is 35.5. The van der Waals surface area contributed by atoms with Gasteiger partial charge in [-0.25, -0.2) is 0 Å². The van der Waals surface area contributed by atoms with Gasteiger partial charge in [0.1, 0.15) is 0 Å². The molecule has 0 amide bonds. The van der Waals surface area contributed by atoms with Gasteiger partial charge < -0.3 is 14.7 Å². The Labute approximate surface area is 101 Å². The molecule has 1 heterocycles. The molecule has 3 nitrogen and oxygen atoms in total. The third-order valence-electron chi connectivity index (χ3n) is 2.85. The first-order valence-electron chi connectivity index (χ1n) is 5.44. The van der Waals surface area contributed by atoms with Crippen LogP contribution in [0.15, 0.2) is 18.2 Å². The van der Waals surface area contributed by atoms with Crippen molar-refractivity contribution < 1.29 is 9.84 Å². The first-order valence-corrected chi connectivity index (χ1v) is 5.82. The summed E-state index contributed by atoms with van der Waals surface area (Å²) in [6.45, 7) is 4.34. The van der Waals surface area contributed by atoms with Crippen LogP contribution in [0.5, 0.6) is 0 Å². The van der Waals surface area contributed by atoms with Gasteiger partial charge in [-0.2, -0.15) is 0 Å². The van der Waals surface area contributed by atoms with Gasteiger partial charge in [0.2, 0.25) is 0 Å². The second kappa shape index (κ2) is 5.04. The highest BCUT2D eigenvalue weighted by Gasteiger charge is 2.20. The van der Waals surface area contributed by atoms with Crippen molar-refractivity contribution in [3.63, 3.8) is 0 Å². The highest BCUT2D eigenvalue weighted by Crippen LogP contribution is 2.25. The topological polar surface area (TPSA) is 32.7 Å². The van der Waals surface area contributed by atoms with Gasteiger partial charge in [0.15, 0.2) is 0 Å². The molecule has 1 aromatic carbocycles. The molecule has 0 aliphatic carbocycles. The number of ether oxygens (including phenoxy) is 1. The van der Waals surface area contributed by atoms with E-state index in [9.17, 15) is 0 Å². The van der Waals surface area contributed by atoms with E-state index in [0.29, 0.717) is 6.61 Å². The molecule has 1 aliphatic heterocycles. The monoisotopic (exact) mass is 241 g/mol. The van der Waals surface area contributed by atoms with Crippen molar-refractivity contribution in [2.45, 2.75) is 13.0 Å². The van der Waals surface area contributed by atoms with Crippen molar-refractivity contribution >= 4 is 17.3 Å². The van der Waals surface area contributed by atoms with Crippen LogP contribution in [-0.2, 0) is 4.74 Å². The summed E-state index contributed by atoms with van der Waals surface area (Å²) in [4.78, 5) is 2.21. The van der Waals surface area contributed by atoms with Crippen LogP contribution in [0.1, 0.15) is 5.56 Å². The molecule has 1 aromatic rings. The van der Waals surface area contributed by atoms with Crippen LogP contribution in [0.3, 0.4) is 0 Å². The van der Waals surface area contributed by atoms with Crippen LogP contribution < -0.4 is 4.90 Å². The number of hydrogen-bond donors (Lipinski definition) is 1. The maximum atomic E-state index is 9.10. The lowest BCUT2D eigenvalue weighted by molar-refractivity contribution is 0.00354. The summed E-state index contributed by atoms with van der Waals surface area (Å²) >= 11 is 6.00. The second-order valence-corrected chi connectivity index (χ2v) is 4.49. The van der Waals surface area contributed by atoms with E-state index < -0.39 is 0 Å². The van der Waals surface area contributed by atoms with Crippen LogP contribution in [0, 0.1) is 6.92 Å². The van der Waals surface area contributed by atoms with Crippen LogP contribution >= 0.6 is 11.6 Å². The van der Waals surface area contributed by atoms with Gasteiger partial charge in [-0.1, -0.05) is 17.7 Å². The number of aryl methyl sites for hydroxylation is 1. The Hall–Kier alpha value is -0.770. The molecule has 4 heteroatoms. The molecule has 88 valence electrons. The summed E-state index contributed by atoms with van der Waals surface area (Å²) in [5.74, 6) is 0. The van der Waals surface area contributed by atoms with Gasteiger partial charge >= 0.3 is 0 Å². The Morgan fingerprint density at radius 1 is 1.56 bits per heavy atom. The van der Waals surface area contributed by atoms with E-state index in [4.69, 9.17) is 21.4 Å². The number of nitrogens with zero attached hydrogens (tertiary/aromatic N) is 1. The van der Waals surface area contributed by atoms with E-state index in [2.05, 4.69) is 11.8 Å². The number of benzene rings is 1. The minimum Gasteiger partial charge on any atom is -0.394 e. The molecule has 0 saturated carbocycles. The Kier molecular flexibility index (Phi) is 3.69. The molecule has 1 saturated heterocycles. The minimum atomic E-state index is -0.0906. The number of anilines is 1. The van der Waals surface area contributed by atoms with E-state index in [-0.39, 0.29) is 12.7 Å². The molecular weight excluding hydrogens is 226 g/mol. The zero-order chi connectivity index (χ0) is 11.5. The molecule has 0 spiro atoms. The van der Waals surface area contributed by atoms with Crippen LogP contribution in [0.25, 0.3) is 0 Å². The van der Waals surface area contributed by atoms with Crippen molar-refractivity contribution in [2.75, 3.05) is 31.2 Å². The number of hydrogen-bond acceptors (Lipinski definition) is 3. The normalized spacial score (nSPS) is 21.2. The number of aliphatic hydroxyl groups excluding tert-OH is 1. The first kappa shape index (κ1) is 11.7. The van der Waals surface area contributed by atoms with Gasteiger partial charge in [0.05, 0.1) is 19.3 Å². The van der Waals surface area contributed by atoms with Crippen LogP contribution in [0.2, 0.25) is 5.02 Å². The molecule has 2 rings (SSSR count). The van der Waals surface area contributed by atoms with E-state index in [0.717, 1.165) is 23.8 Å². The fraction of sp³-hybridized carbons (Fsp3) is 0.500. The van der Waals surface area contributed by atoms with E-state index in [1.54, 1.807) is 0 Å². The fourth-order valence-corrected chi connectivity index (χ4v) is 2.14. The Bertz CT molecular complexity index is 370. The summed E-state index contributed by atoms with van der Waals surface area (Å²) in [7, 11) is 0. The van der Waals surface area contributed by atoms with Gasteiger partial charge in [-0.05, 0) is 24.6 Å². The fourth-order valence-electron chi connectivity index (χ4n) is 1.97. The van der Waals surface area contributed by atoms with E-state index in [1.807, 2.05) is 18.2 Å². The summed E-state index contributed by atoms with van der Waals surface area (Å²) < 4.78 is 5.42. The third kappa shape index (κ3) is 2.48. The molecule has 1 N–H and O–H groups in total. The number of rotatable bonds is 2. The summed E-state index contributed by atoms with van der Waals surface area (Å²) in [5, 5.41) is 9.85. The van der Waals surface area contributed by atoms with Crippen molar-refractivity contribution in [1.29, 1.82) is 0 Å². The van der Waals surface area contributed by atoms with E-state index in [1.165, 1.54) is 5.56 Å². The zero-order valence-electron chi connectivity index (χ0n) is 9.32. The third-order valence-corrected chi connectivity index (χ3v) is 3.09. The average molecular weight is 242 g/mol. The minimum absolute atomic E-state index is 0.0656. The molecule has 0 radical (unpaired) electrons. The van der Waals surface area contributed by atoms with Crippen LogP contribution in [0.4, 0.5) is 5.69 Å². The number of aliphatic hydroxyl groups is 1. The lowest BCUT2D eigenvalue weighted by atomic mass is 10.1. The van der Waals surface area contributed by atoms with Crippen molar-refractivity contribution in [2.24, 2.45) is 0 Å². The molecule has 1 atom stereocenters. The van der Waals surface area contributed by atoms with Gasteiger partial charge in [0.25, 0.3) is 0 Å². The highest BCUT2D eigenvalue weighted by molar-refractivity contribution is 6.30. The second-order valence-electron chi connectivity index (χ2n) is 4.05. The smallest absolute Gasteiger partial charge is 0.0980 e. The summed E-state index contributed by atoms with van der Waals surface area (Å²) in [6.07, 6.45) is -0.0906. The summed E-state index contributed by atoms with van der Waals surface area (Å²) in [5.41, 5.74) is 2.33. The van der Waals surface area contributed by atoms with Gasteiger partial charge in [-0.3, -0.25) is 0 Å². The molecule has 1 unspecified atom stereocenters. The molecule has 0 bridgehead atoms. The number of morpholine rings is 1. The first-order chi connectivity index (χ1) is 7.70. The van der Waals surface area contributed by atoms with Crippen LogP contribution in [-0.4, -0.2) is 37.5 Å². The SMILES string of the molecule is Cc1ccc(Cl)cc1N1CCOC(CO)C1. The van der Waals surface area contributed by atoms with Crippen molar-refractivity contribution in [3.8, 4) is 0 Å². The molecule has 0 aromatic heterocycles. The molecular formula is C12H16ClNO2. The predicted octanol–water partition coefficient (Wildman–Crippen LogP) is 1.85. The largest absolute Gasteiger partial charge is 0.394 e.